The zero-order chi connectivity index (χ0) is 17.1. The number of carbonyl (C=O) groups excluding carboxylic acids is 1. The van der Waals surface area contributed by atoms with E-state index < -0.39 is 0 Å². The lowest BCUT2D eigenvalue weighted by Gasteiger charge is -2.31. The molecule has 2 aromatic heterocycles. The summed E-state index contributed by atoms with van der Waals surface area (Å²) in [5, 5.41) is 9.69. The highest BCUT2D eigenvalue weighted by Gasteiger charge is 2.24. The van der Waals surface area contributed by atoms with E-state index in [-0.39, 0.29) is 6.03 Å². The number of likely N-dealkylation sites (tertiary alicyclic amines) is 1. The molecule has 0 saturated carbocycles. The van der Waals surface area contributed by atoms with Gasteiger partial charge in [0.25, 0.3) is 0 Å². The normalized spacial score (nSPS) is 15.3. The Morgan fingerprint density at radius 1 is 1.20 bits per heavy atom. The average Bonchev–Trinajstić information content (AvgIpc) is 3.35. The van der Waals surface area contributed by atoms with E-state index in [1.165, 1.54) is 11.3 Å². The number of amides is 2. The molecule has 1 aliphatic heterocycles. The van der Waals surface area contributed by atoms with E-state index in [0.717, 1.165) is 24.1 Å². The van der Waals surface area contributed by atoms with Gasteiger partial charge in [-0.3, -0.25) is 5.32 Å². The van der Waals surface area contributed by atoms with E-state index in [1.54, 1.807) is 12.7 Å². The molecule has 0 unspecified atom stereocenters. The average molecular weight is 354 g/mol. The van der Waals surface area contributed by atoms with Gasteiger partial charge in [-0.05, 0) is 12.8 Å². The van der Waals surface area contributed by atoms with Gasteiger partial charge in [0, 0.05) is 24.0 Å². The molecule has 0 atom stereocenters. The van der Waals surface area contributed by atoms with Crippen LogP contribution in [0.15, 0.2) is 48.4 Å². The largest absolute Gasteiger partial charge is 0.324 e. The van der Waals surface area contributed by atoms with Crippen LogP contribution in [-0.2, 0) is 0 Å². The maximum Gasteiger partial charge on any atom is 0.323 e. The van der Waals surface area contributed by atoms with E-state index in [9.17, 15) is 4.79 Å². The van der Waals surface area contributed by atoms with Crippen LogP contribution in [0.3, 0.4) is 0 Å². The molecular formula is C17H18N6OS. The van der Waals surface area contributed by atoms with Crippen molar-refractivity contribution in [2.75, 3.05) is 18.4 Å². The molecular weight excluding hydrogens is 336 g/mol. The van der Waals surface area contributed by atoms with E-state index in [4.69, 9.17) is 0 Å². The second-order valence-electron chi connectivity index (χ2n) is 5.93. The predicted molar refractivity (Wildman–Crippen MR) is 96.4 cm³/mol. The van der Waals surface area contributed by atoms with Crippen molar-refractivity contribution in [2.24, 2.45) is 0 Å². The van der Waals surface area contributed by atoms with Crippen LogP contribution in [0.5, 0.6) is 0 Å². The molecule has 0 aliphatic carbocycles. The van der Waals surface area contributed by atoms with Gasteiger partial charge in [0.1, 0.15) is 12.7 Å². The topological polar surface area (TPSA) is 75.9 Å². The van der Waals surface area contributed by atoms with Gasteiger partial charge in [-0.2, -0.15) is 5.10 Å². The molecule has 4 rings (SSSR count). The van der Waals surface area contributed by atoms with Crippen LogP contribution in [0.4, 0.5) is 9.93 Å². The molecule has 25 heavy (non-hydrogen) atoms. The van der Waals surface area contributed by atoms with Crippen molar-refractivity contribution < 1.29 is 4.79 Å². The monoisotopic (exact) mass is 354 g/mol. The summed E-state index contributed by atoms with van der Waals surface area (Å²) in [5.74, 6) is 0. The van der Waals surface area contributed by atoms with Crippen LogP contribution in [0.25, 0.3) is 11.3 Å². The molecule has 3 aromatic rings. The molecule has 0 spiro atoms. The second-order valence-corrected chi connectivity index (χ2v) is 6.79. The summed E-state index contributed by atoms with van der Waals surface area (Å²) in [5.41, 5.74) is 1.93. The fraction of sp³-hybridized carbons (Fsp3) is 0.294. The highest BCUT2D eigenvalue weighted by atomic mass is 32.1. The number of hydrogen-bond donors (Lipinski definition) is 1. The Morgan fingerprint density at radius 2 is 2.00 bits per heavy atom. The molecule has 1 fully saturated rings. The third kappa shape index (κ3) is 3.53. The Labute approximate surface area is 149 Å². The van der Waals surface area contributed by atoms with Gasteiger partial charge >= 0.3 is 6.03 Å². The number of carbonyl (C=O) groups is 1. The van der Waals surface area contributed by atoms with Gasteiger partial charge in [0.2, 0.25) is 0 Å². The lowest BCUT2D eigenvalue weighted by molar-refractivity contribution is 0.180. The molecule has 1 aromatic carbocycles. The number of anilines is 1. The molecule has 8 heteroatoms. The van der Waals surface area contributed by atoms with Crippen LogP contribution in [0, 0.1) is 0 Å². The molecule has 1 N–H and O–H groups in total. The molecule has 1 aliphatic rings. The van der Waals surface area contributed by atoms with Crippen molar-refractivity contribution in [2.45, 2.75) is 18.9 Å². The molecule has 0 bridgehead atoms. The van der Waals surface area contributed by atoms with Gasteiger partial charge in [-0.1, -0.05) is 30.3 Å². The first kappa shape index (κ1) is 15.8. The smallest absolute Gasteiger partial charge is 0.323 e. The Kier molecular flexibility index (Phi) is 4.43. The van der Waals surface area contributed by atoms with Crippen LogP contribution < -0.4 is 5.32 Å². The number of aromatic nitrogens is 4. The molecule has 7 nitrogen and oxygen atoms in total. The van der Waals surface area contributed by atoms with Crippen LogP contribution >= 0.6 is 11.3 Å². The maximum atomic E-state index is 12.5. The number of urea groups is 1. The minimum Gasteiger partial charge on any atom is -0.324 e. The number of rotatable bonds is 3. The quantitative estimate of drug-likeness (QED) is 0.783. The minimum absolute atomic E-state index is 0.0917. The summed E-state index contributed by atoms with van der Waals surface area (Å²) in [6.07, 6.45) is 5.04. The Hall–Kier alpha value is -2.74. The van der Waals surface area contributed by atoms with E-state index in [2.05, 4.69) is 20.4 Å². The van der Waals surface area contributed by atoms with Crippen molar-refractivity contribution in [3.63, 3.8) is 0 Å². The summed E-state index contributed by atoms with van der Waals surface area (Å²) in [4.78, 5) is 22.8. The molecule has 0 radical (unpaired) electrons. The standard InChI is InChI=1S/C17H18N6OS/c24-17(22-8-6-14(7-9-22)23-12-18-11-19-23)21-16-20-15(10-25-16)13-4-2-1-3-5-13/h1-5,10-12,14H,6-9H2,(H,20,21,24). The maximum absolute atomic E-state index is 12.5. The Morgan fingerprint density at radius 3 is 2.72 bits per heavy atom. The summed E-state index contributed by atoms with van der Waals surface area (Å²) >= 11 is 1.44. The number of nitrogens with one attached hydrogen (secondary N) is 1. The highest BCUT2D eigenvalue weighted by molar-refractivity contribution is 7.14. The third-order valence-electron chi connectivity index (χ3n) is 4.35. The fourth-order valence-corrected chi connectivity index (χ4v) is 3.69. The van der Waals surface area contributed by atoms with E-state index in [1.807, 2.05) is 45.3 Å². The van der Waals surface area contributed by atoms with Crippen molar-refractivity contribution in [1.82, 2.24) is 24.6 Å². The first-order valence-corrected chi connectivity index (χ1v) is 9.08. The van der Waals surface area contributed by atoms with Gasteiger partial charge in [0.05, 0.1) is 11.7 Å². The lowest BCUT2D eigenvalue weighted by atomic mass is 10.1. The minimum atomic E-state index is -0.0917. The zero-order valence-corrected chi connectivity index (χ0v) is 14.4. The SMILES string of the molecule is O=C(Nc1nc(-c2ccccc2)cs1)N1CCC(n2cncn2)CC1. The van der Waals surface area contributed by atoms with Gasteiger partial charge in [-0.25, -0.2) is 19.4 Å². The summed E-state index contributed by atoms with van der Waals surface area (Å²) in [7, 11) is 0. The molecule has 128 valence electrons. The fourth-order valence-electron chi connectivity index (χ4n) is 2.98. The van der Waals surface area contributed by atoms with E-state index >= 15 is 0 Å². The van der Waals surface area contributed by atoms with Gasteiger partial charge in [0.15, 0.2) is 5.13 Å². The Bertz CT molecular complexity index is 824. The molecule has 2 amide bonds. The molecule has 3 heterocycles. The van der Waals surface area contributed by atoms with Crippen molar-refractivity contribution in [3.05, 3.63) is 48.4 Å². The summed E-state index contributed by atoms with van der Waals surface area (Å²) < 4.78 is 1.88. The summed E-state index contributed by atoms with van der Waals surface area (Å²) in [6.45, 7) is 1.40. The first-order valence-electron chi connectivity index (χ1n) is 8.20. The highest BCUT2D eigenvalue weighted by Crippen LogP contribution is 2.26. The van der Waals surface area contributed by atoms with E-state index in [0.29, 0.717) is 24.3 Å². The van der Waals surface area contributed by atoms with Crippen LogP contribution in [0.1, 0.15) is 18.9 Å². The lowest BCUT2D eigenvalue weighted by Crippen LogP contribution is -2.41. The zero-order valence-electron chi connectivity index (χ0n) is 13.6. The Balaban J connectivity index is 1.34. The second kappa shape index (κ2) is 7.02. The summed E-state index contributed by atoms with van der Waals surface area (Å²) in [6, 6.07) is 10.2. The van der Waals surface area contributed by atoms with Gasteiger partial charge < -0.3 is 4.90 Å². The first-order chi connectivity index (χ1) is 12.3. The van der Waals surface area contributed by atoms with Crippen molar-refractivity contribution in [3.8, 4) is 11.3 Å². The predicted octanol–water partition coefficient (Wildman–Crippen LogP) is 3.27. The van der Waals surface area contributed by atoms with Crippen molar-refractivity contribution in [1.29, 1.82) is 0 Å². The number of nitrogens with zero attached hydrogens (tertiary/aromatic N) is 5. The number of benzene rings is 1. The number of piperidine rings is 1. The van der Waals surface area contributed by atoms with Gasteiger partial charge in [-0.15, -0.1) is 11.3 Å². The number of hydrogen-bond acceptors (Lipinski definition) is 5. The number of thiazole rings is 1. The molecule has 1 saturated heterocycles. The van der Waals surface area contributed by atoms with Crippen molar-refractivity contribution >= 4 is 22.5 Å². The third-order valence-corrected chi connectivity index (χ3v) is 5.11. The van der Waals surface area contributed by atoms with Crippen LogP contribution in [0.2, 0.25) is 0 Å². The van der Waals surface area contributed by atoms with Crippen LogP contribution in [-0.4, -0.2) is 43.8 Å².